The quantitative estimate of drug-likeness (QED) is 0.884. The summed E-state index contributed by atoms with van der Waals surface area (Å²) in [6, 6.07) is 2.44. The number of benzene rings is 1. The molecule has 0 aliphatic carbocycles. The number of carbonyl (C=O) groups is 1. The van der Waals surface area contributed by atoms with Crippen molar-refractivity contribution in [2.24, 2.45) is 0 Å². The summed E-state index contributed by atoms with van der Waals surface area (Å²) >= 11 is 3.03. The van der Waals surface area contributed by atoms with E-state index in [0.29, 0.717) is 4.47 Å². The number of aliphatic hydroxyl groups is 1. The van der Waals surface area contributed by atoms with Gasteiger partial charge in [0, 0.05) is 4.47 Å². The van der Waals surface area contributed by atoms with Gasteiger partial charge in [-0.1, -0.05) is 15.9 Å². The Morgan fingerprint density at radius 1 is 1.60 bits per heavy atom. The molecule has 0 saturated heterocycles. The highest BCUT2D eigenvalue weighted by atomic mass is 79.9. The van der Waals surface area contributed by atoms with Crippen LogP contribution in [0.1, 0.15) is 11.7 Å². The lowest BCUT2D eigenvalue weighted by atomic mass is 10.1. The van der Waals surface area contributed by atoms with Gasteiger partial charge in [0.2, 0.25) is 0 Å². The number of halogens is 2. The van der Waals surface area contributed by atoms with Crippen LogP contribution in [0, 0.1) is 5.82 Å². The lowest BCUT2D eigenvalue weighted by Crippen LogP contribution is -2.13. The number of hydrogen-bond acceptors (Lipinski definition) is 3. The highest BCUT2D eigenvalue weighted by molar-refractivity contribution is 9.10. The molecule has 0 amide bonds. The molecule has 0 saturated carbocycles. The second-order valence-electron chi connectivity index (χ2n) is 2.74. The average Bonchev–Trinajstić information content (AvgIpc) is 2.15. The predicted octanol–water partition coefficient (Wildman–Crippen LogP) is 1.71. The van der Waals surface area contributed by atoms with Crippen molar-refractivity contribution in [2.45, 2.75) is 6.10 Å². The molecule has 0 aromatic heterocycles. The molecule has 1 rings (SSSR count). The highest BCUT2D eigenvalue weighted by Gasteiger charge is 2.24. The van der Waals surface area contributed by atoms with Crippen molar-refractivity contribution < 1.29 is 24.1 Å². The summed E-state index contributed by atoms with van der Waals surface area (Å²) in [7, 11) is 1.26. The fourth-order valence-electron chi connectivity index (χ4n) is 1.12. The maximum absolute atomic E-state index is 13.4. The molecule has 0 radical (unpaired) electrons. The topological polar surface area (TPSA) is 66.8 Å². The Morgan fingerprint density at radius 2 is 2.20 bits per heavy atom. The van der Waals surface area contributed by atoms with Crippen LogP contribution < -0.4 is 4.74 Å². The van der Waals surface area contributed by atoms with Gasteiger partial charge in [-0.15, -0.1) is 0 Å². The average molecular weight is 279 g/mol. The molecule has 4 nitrogen and oxygen atoms in total. The molecule has 1 unspecified atom stereocenters. The molecule has 1 aromatic rings. The van der Waals surface area contributed by atoms with E-state index in [4.69, 9.17) is 9.84 Å². The van der Waals surface area contributed by atoms with Gasteiger partial charge in [-0.05, 0) is 12.1 Å². The number of carboxylic acid groups (broad SMARTS) is 1. The van der Waals surface area contributed by atoms with Gasteiger partial charge in [0.1, 0.15) is 11.6 Å². The minimum atomic E-state index is -1.94. The molecule has 0 fully saturated rings. The third-order valence-corrected chi connectivity index (χ3v) is 2.24. The van der Waals surface area contributed by atoms with Crippen molar-refractivity contribution >= 4 is 21.9 Å². The van der Waals surface area contributed by atoms with E-state index >= 15 is 0 Å². The van der Waals surface area contributed by atoms with Gasteiger partial charge in [0.05, 0.1) is 12.7 Å². The van der Waals surface area contributed by atoms with Gasteiger partial charge >= 0.3 is 5.97 Å². The van der Waals surface area contributed by atoms with E-state index in [1.54, 1.807) is 0 Å². The Kier molecular flexibility index (Phi) is 3.65. The number of hydrogen-bond donors (Lipinski definition) is 2. The zero-order chi connectivity index (χ0) is 11.6. The van der Waals surface area contributed by atoms with Crippen molar-refractivity contribution in [1.29, 1.82) is 0 Å². The van der Waals surface area contributed by atoms with Crippen molar-refractivity contribution in [1.82, 2.24) is 0 Å². The summed E-state index contributed by atoms with van der Waals surface area (Å²) in [6.07, 6.45) is -1.94. The third-order valence-electron chi connectivity index (χ3n) is 1.78. The maximum Gasteiger partial charge on any atom is 0.337 e. The smallest absolute Gasteiger partial charge is 0.337 e. The minimum Gasteiger partial charge on any atom is -0.496 e. The molecular weight excluding hydrogens is 271 g/mol. The fraction of sp³-hybridized carbons (Fsp3) is 0.222. The van der Waals surface area contributed by atoms with Crippen LogP contribution >= 0.6 is 15.9 Å². The second kappa shape index (κ2) is 4.59. The van der Waals surface area contributed by atoms with Crippen molar-refractivity contribution in [3.8, 4) is 5.75 Å². The molecular formula is C9H8BrFO4. The van der Waals surface area contributed by atoms with Gasteiger partial charge in [0.15, 0.2) is 6.10 Å². The monoisotopic (exact) mass is 278 g/mol. The summed E-state index contributed by atoms with van der Waals surface area (Å²) in [5, 5.41) is 17.8. The van der Waals surface area contributed by atoms with Crippen LogP contribution in [0.25, 0.3) is 0 Å². The molecule has 2 N–H and O–H groups in total. The molecule has 0 aliphatic rings. The van der Waals surface area contributed by atoms with Crippen LogP contribution in [0.4, 0.5) is 4.39 Å². The molecule has 1 atom stereocenters. The van der Waals surface area contributed by atoms with Crippen molar-refractivity contribution in [2.75, 3.05) is 7.11 Å². The first-order valence-electron chi connectivity index (χ1n) is 3.91. The molecule has 15 heavy (non-hydrogen) atoms. The van der Waals surface area contributed by atoms with E-state index in [0.717, 1.165) is 6.07 Å². The molecule has 82 valence electrons. The molecule has 0 heterocycles. The van der Waals surface area contributed by atoms with Gasteiger partial charge < -0.3 is 14.9 Å². The minimum absolute atomic E-state index is 0.0169. The summed E-state index contributed by atoms with van der Waals surface area (Å²) in [4.78, 5) is 10.5. The predicted molar refractivity (Wildman–Crippen MR) is 53.2 cm³/mol. The van der Waals surface area contributed by atoms with Gasteiger partial charge in [-0.2, -0.15) is 0 Å². The van der Waals surface area contributed by atoms with Crippen LogP contribution in [-0.2, 0) is 4.79 Å². The molecule has 1 aromatic carbocycles. The highest BCUT2D eigenvalue weighted by Crippen LogP contribution is 2.31. The van der Waals surface area contributed by atoms with Crippen LogP contribution in [0.3, 0.4) is 0 Å². The van der Waals surface area contributed by atoms with Crippen LogP contribution in [0.15, 0.2) is 16.6 Å². The SMILES string of the molecule is COc1cc(Br)cc(F)c1C(O)C(=O)O. The number of methoxy groups -OCH3 is 1. The van der Waals surface area contributed by atoms with Crippen molar-refractivity contribution in [3.05, 3.63) is 28.0 Å². The number of carboxylic acids is 1. The second-order valence-corrected chi connectivity index (χ2v) is 3.66. The van der Waals surface area contributed by atoms with Crippen molar-refractivity contribution in [3.63, 3.8) is 0 Å². The van der Waals surface area contributed by atoms with E-state index in [2.05, 4.69) is 15.9 Å². The van der Waals surface area contributed by atoms with Gasteiger partial charge in [-0.25, -0.2) is 9.18 Å². The summed E-state index contributed by atoms with van der Waals surface area (Å²) in [5.41, 5.74) is -0.381. The summed E-state index contributed by atoms with van der Waals surface area (Å²) in [5.74, 6) is -2.39. The van der Waals surface area contributed by atoms with E-state index in [1.807, 2.05) is 0 Å². The fourth-order valence-corrected chi connectivity index (χ4v) is 1.53. The first kappa shape index (κ1) is 11.9. The Bertz CT molecular complexity index is 394. The largest absolute Gasteiger partial charge is 0.496 e. The molecule has 0 spiro atoms. The normalized spacial score (nSPS) is 12.3. The van der Waals surface area contributed by atoms with Gasteiger partial charge in [0.25, 0.3) is 0 Å². The standard InChI is InChI=1S/C9H8BrFO4/c1-15-6-3-4(10)2-5(11)7(6)8(12)9(13)14/h2-3,8,12H,1H3,(H,13,14). The Balaban J connectivity index is 3.32. The number of ether oxygens (including phenoxy) is 1. The van der Waals surface area contributed by atoms with Gasteiger partial charge in [-0.3, -0.25) is 0 Å². The lowest BCUT2D eigenvalue weighted by molar-refractivity contribution is -0.147. The molecule has 6 heteroatoms. The first-order chi connectivity index (χ1) is 6.97. The van der Waals surface area contributed by atoms with Crippen LogP contribution in [-0.4, -0.2) is 23.3 Å². The lowest BCUT2D eigenvalue weighted by Gasteiger charge is -2.12. The molecule has 0 aliphatic heterocycles. The Labute approximate surface area is 93.4 Å². The van der Waals surface area contributed by atoms with E-state index in [-0.39, 0.29) is 11.3 Å². The third kappa shape index (κ3) is 2.45. The Morgan fingerprint density at radius 3 is 2.67 bits per heavy atom. The summed E-state index contributed by atoms with van der Waals surface area (Å²) in [6.45, 7) is 0. The summed E-state index contributed by atoms with van der Waals surface area (Å²) < 4.78 is 18.6. The Hall–Kier alpha value is -1.14. The molecule has 0 bridgehead atoms. The van der Waals surface area contributed by atoms with Crippen LogP contribution in [0.2, 0.25) is 0 Å². The first-order valence-corrected chi connectivity index (χ1v) is 4.70. The van der Waals surface area contributed by atoms with E-state index < -0.39 is 17.9 Å². The van der Waals surface area contributed by atoms with E-state index in [9.17, 15) is 14.3 Å². The maximum atomic E-state index is 13.4. The zero-order valence-corrected chi connectivity index (χ0v) is 9.28. The zero-order valence-electron chi connectivity index (χ0n) is 7.70. The van der Waals surface area contributed by atoms with Crippen LogP contribution in [0.5, 0.6) is 5.75 Å². The number of rotatable bonds is 3. The number of aliphatic carboxylic acids is 1. The van der Waals surface area contributed by atoms with E-state index in [1.165, 1.54) is 13.2 Å². The number of aliphatic hydroxyl groups excluding tert-OH is 1.